The van der Waals surface area contributed by atoms with Crippen molar-refractivity contribution >= 4 is 17.6 Å². The molecule has 0 unspecified atom stereocenters. The van der Waals surface area contributed by atoms with Crippen LogP contribution in [0.4, 0.5) is 0 Å². The molecule has 0 aromatic heterocycles. The van der Waals surface area contributed by atoms with E-state index in [1.807, 2.05) is 0 Å². The number of hydrogen-bond donors (Lipinski definition) is 0. The molecular formula is C7H15N2OS+. The Bertz CT molecular complexity index is 139. The van der Waals surface area contributed by atoms with Crippen LogP contribution in [0.25, 0.3) is 0 Å². The summed E-state index contributed by atoms with van der Waals surface area (Å²) in [7, 11) is 4.45. The second-order valence-electron chi connectivity index (χ2n) is 3.51. The van der Waals surface area contributed by atoms with Crippen LogP contribution in [0.3, 0.4) is 0 Å². The summed E-state index contributed by atoms with van der Waals surface area (Å²) in [6.45, 7) is 4.33. The van der Waals surface area contributed by atoms with Crippen LogP contribution in [-0.2, 0) is 4.79 Å². The third-order valence-corrected chi connectivity index (χ3v) is 2.85. The number of likely N-dealkylation sites (N-methyl/N-ethyl adjacent to an activating group) is 1. The van der Waals surface area contributed by atoms with Gasteiger partial charge >= 0.3 is 0 Å². The van der Waals surface area contributed by atoms with Gasteiger partial charge in [0.25, 0.3) is 0 Å². The van der Waals surface area contributed by atoms with Crippen molar-refractivity contribution in [2.75, 3.05) is 40.3 Å². The topological polar surface area (TPSA) is 20.3 Å². The summed E-state index contributed by atoms with van der Waals surface area (Å²) in [6, 6.07) is 0. The SMILES string of the molecule is C[N+]1(C)CCN(SC=O)CC1. The number of carbonyl (C=O) groups is 1. The molecule has 1 rings (SSSR count). The summed E-state index contributed by atoms with van der Waals surface area (Å²) in [4.78, 5) is 10.2. The largest absolute Gasteiger partial charge is 0.326 e. The summed E-state index contributed by atoms with van der Waals surface area (Å²) in [5.41, 5.74) is 0.908. The van der Waals surface area contributed by atoms with E-state index in [2.05, 4.69) is 18.4 Å². The minimum Gasteiger partial charge on any atom is -0.326 e. The van der Waals surface area contributed by atoms with Crippen molar-refractivity contribution in [1.82, 2.24) is 4.31 Å². The van der Waals surface area contributed by atoms with Crippen molar-refractivity contribution in [2.45, 2.75) is 0 Å². The van der Waals surface area contributed by atoms with Gasteiger partial charge in [-0.15, -0.1) is 0 Å². The summed E-state index contributed by atoms with van der Waals surface area (Å²) < 4.78 is 3.20. The summed E-state index contributed by atoms with van der Waals surface area (Å²) in [6.07, 6.45) is 0. The molecule has 11 heavy (non-hydrogen) atoms. The van der Waals surface area contributed by atoms with Crippen molar-refractivity contribution in [3.63, 3.8) is 0 Å². The van der Waals surface area contributed by atoms with Crippen molar-refractivity contribution in [2.24, 2.45) is 0 Å². The van der Waals surface area contributed by atoms with E-state index < -0.39 is 0 Å². The molecule has 64 valence electrons. The fraction of sp³-hybridized carbons (Fsp3) is 0.857. The van der Waals surface area contributed by atoms with E-state index in [-0.39, 0.29) is 0 Å². The van der Waals surface area contributed by atoms with E-state index in [1.165, 1.54) is 11.9 Å². The first-order chi connectivity index (χ1) is 5.14. The Morgan fingerprint density at radius 3 is 2.36 bits per heavy atom. The Balaban J connectivity index is 2.30. The number of quaternary nitrogens is 1. The lowest BCUT2D eigenvalue weighted by atomic mass is 10.3. The van der Waals surface area contributed by atoms with Crippen LogP contribution >= 0.6 is 11.9 Å². The number of hydrogen-bond acceptors (Lipinski definition) is 3. The van der Waals surface area contributed by atoms with Gasteiger partial charge in [-0.1, -0.05) is 0 Å². The van der Waals surface area contributed by atoms with Gasteiger partial charge in [0, 0.05) is 0 Å². The van der Waals surface area contributed by atoms with E-state index in [0.29, 0.717) is 0 Å². The highest BCUT2D eigenvalue weighted by molar-refractivity contribution is 8.09. The molecule has 1 saturated heterocycles. The van der Waals surface area contributed by atoms with E-state index in [0.717, 1.165) is 36.3 Å². The first kappa shape index (κ1) is 9.03. The van der Waals surface area contributed by atoms with Gasteiger partial charge in [0.15, 0.2) is 5.62 Å². The minimum absolute atomic E-state index is 0.908. The predicted octanol–water partition coefficient (Wildman–Crippen LogP) is 0.217. The van der Waals surface area contributed by atoms with E-state index in [1.54, 1.807) is 0 Å². The molecule has 4 heteroatoms. The lowest BCUT2D eigenvalue weighted by molar-refractivity contribution is -0.893. The van der Waals surface area contributed by atoms with Gasteiger partial charge in [0.2, 0.25) is 0 Å². The highest BCUT2D eigenvalue weighted by atomic mass is 32.2. The summed E-state index contributed by atoms with van der Waals surface area (Å²) in [5.74, 6) is 0. The van der Waals surface area contributed by atoms with Crippen molar-refractivity contribution in [1.29, 1.82) is 0 Å². The molecule has 0 bridgehead atoms. The van der Waals surface area contributed by atoms with Crippen LogP contribution in [0.1, 0.15) is 0 Å². The molecule has 1 heterocycles. The van der Waals surface area contributed by atoms with Crippen LogP contribution < -0.4 is 0 Å². The zero-order chi connectivity index (χ0) is 8.32. The monoisotopic (exact) mass is 175 g/mol. The third kappa shape index (κ3) is 2.81. The van der Waals surface area contributed by atoms with Crippen LogP contribution in [0.2, 0.25) is 0 Å². The summed E-state index contributed by atoms with van der Waals surface area (Å²) >= 11 is 1.30. The number of carbonyl (C=O) groups excluding carboxylic acids is 1. The molecule has 0 amide bonds. The Kier molecular flexibility index (Phi) is 2.92. The quantitative estimate of drug-likeness (QED) is 0.340. The van der Waals surface area contributed by atoms with Crippen molar-refractivity contribution in [3.8, 4) is 0 Å². The number of piperazine rings is 1. The maximum atomic E-state index is 10.2. The molecule has 0 atom stereocenters. The van der Waals surface area contributed by atoms with E-state index >= 15 is 0 Å². The molecule has 1 fully saturated rings. The van der Waals surface area contributed by atoms with Crippen LogP contribution in [-0.4, -0.2) is 54.7 Å². The molecule has 1 aliphatic rings. The molecule has 0 radical (unpaired) electrons. The second kappa shape index (κ2) is 3.56. The van der Waals surface area contributed by atoms with Gasteiger partial charge in [-0.2, -0.15) is 0 Å². The predicted molar refractivity (Wildman–Crippen MR) is 47.8 cm³/mol. The van der Waals surface area contributed by atoms with Crippen LogP contribution in [0.15, 0.2) is 0 Å². The molecular weight excluding hydrogens is 160 g/mol. The maximum Gasteiger partial charge on any atom is 0.191 e. The number of rotatable bonds is 2. The van der Waals surface area contributed by atoms with Gasteiger partial charge in [0.1, 0.15) is 0 Å². The summed E-state index contributed by atoms with van der Waals surface area (Å²) in [5, 5.41) is 0. The second-order valence-corrected chi connectivity index (χ2v) is 4.43. The Hall–Kier alpha value is -0.0600. The highest BCUT2D eigenvalue weighted by Gasteiger charge is 2.23. The van der Waals surface area contributed by atoms with Crippen LogP contribution in [0, 0.1) is 0 Å². The molecule has 0 spiro atoms. The van der Waals surface area contributed by atoms with Gasteiger partial charge in [0.05, 0.1) is 40.3 Å². The smallest absolute Gasteiger partial charge is 0.191 e. The molecule has 1 aliphatic heterocycles. The van der Waals surface area contributed by atoms with E-state index in [9.17, 15) is 4.79 Å². The number of nitrogens with zero attached hydrogens (tertiary/aromatic N) is 2. The lowest BCUT2D eigenvalue weighted by Crippen LogP contribution is -2.52. The normalized spacial score (nSPS) is 24.9. The highest BCUT2D eigenvalue weighted by Crippen LogP contribution is 2.12. The average Bonchev–Trinajstić information content (AvgIpc) is 1.94. The fourth-order valence-electron chi connectivity index (χ4n) is 1.15. The van der Waals surface area contributed by atoms with E-state index in [4.69, 9.17) is 0 Å². The van der Waals surface area contributed by atoms with Crippen LogP contribution in [0.5, 0.6) is 0 Å². The average molecular weight is 175 g/mol. The van der Waals surface area contributed by atoms with Gasteiger partial charge in [-0.05, 0) is 11.9 Å². The molecule has 0 saturated carbocycles. The van der Waals surface area contributed by atoms with Crippen molar-refractivity contribution in [3.05, 3.63) is 0 Å². The van der Waals surface area contributed by atoms with Gasteiger partial charge in [-0.25, -0.2) is 4.31 Å². The molecule has 0 aromatic rings. The zero-order valence-electron chi connectivity index (χ0n) is 7.12. The standard InChI is InChI=1S/C7H15N2OS/c1-9(2)5-3-8(4-6-9)11-7-10/h7H,3-6H2,1-2H3/q+1. The minimum atomic E-state index is 0.908. The molecule has 0 aromatic carbocycles. The fourth-order valence-corrected chi connectivity index (χ4v) is 1.65. The Morgan fingerprint density at radius 1 is 1.36 bits per heavy atom. The maximum absolute atomic E-state index is 10.2. The lowest BCUT2D eigenvalue weighted by Gasteiger charge is -2.37. The first-order valence-corrected chi connectivity index (χ1v) is 4.65. The first-order valence-electron chi connectivity index (χ1n) is 3.81. The van der Waals surface area contributed by atoms with Gasteiger partial charge < -0.3 is 4.48 Å². The van der Waals surface area contributed by atoms with Gasteiger partial charge in [-0.3, -0.25) is 4.79 Å². The Morgan fingerprint density at radius 2 is 1.91 bits per heavy atom. The molecule has 3 nitrogen and oxygen atoms in total. The Labute approximate surface area is 72.1 Å². The molecule has 0 N–H and O–H groups in total. The third-order valence-electron chi connectivity index (χ3n) is 2.10. The van der Waals surface area contributed by atoms with Crippen molar-refractivity contribution < 1.29 is 9.28 Å². The zero-order valence-corrected chi connectivity index (χ0v) is 7.93. The molecule has 0 aliphatic carbocycles.